The lowest BCUT2D eigenvalue weighted by molar-refractivity contribution is -0.137. The van der Waals surface area contributed by atoms with Gasteiger partial charge in [-0.3, -0.25) is 9.36 Å². The Morgan fingerprint density at radius 3 is 2.70 bits per heavy atom. The lowest BCUT2D eigenvalue weighted by atomic mass is 10.1. The average Bonchev–Trinajstić information content (AvgIpc) is 3.26. The maximum absolute atomic E-state index is 13.1. The molecule has 2 aromatic carbocycles. The molecule has 0 aliphatic rings. The van der Waals surface area contributed by atoms with Gasteiger partial charge >= 0.3 is 6.18 Å². The van der Waals surface area contributed by atoms with Crippen LogP contribution in [-0.2, 0) is 16.7 Å². The third kappa shape index (κ3) is 4.93. The van der Waals surface area contributed by atoms with Crippen LogP contribution in [0, 0.1) is 0 Å². The third-order valence-electron chi connectivity index (χ3n) is 4.87. The van der Waals surface area contributed by atoms with Crippen molar-refractivity contribution in [1.82, 2.24) is 19.7 Å². The maximum atomic E-state index is 13.1. The molecule has 0 radical (unpaired) electrons. The van der Waals surface area contributed by atoms with Crippen LogP contribution in [0.5, 0.6) is 0 Å². The highest BCUT2D eigenvalue weighted by Gasteiger charge is 2.30. The molecule has 0 aliphatic carbocycles. The number of alkyl halides is 3. The van der Waals surface area contributed by atoms with E-state index in [2.05, 4.69) is 15.1 Å². The molecule has 0 N–H and O–H groups in total. The number of hydrogen-bond acceptors (Lipinski definition) is 7. The molecule has 172 valence electrons. The Bertz CT molecular complexity index is 1340. The third-order valence-corrected chi connectivity index (χ3v) is 5.80. The molecule has 0 saturated heterocycles. The van der Waals surface area contributed by atoms with Gasteiger partial charge in [0.15, 0.2) is 5.16 Å². The predicted octanol–water partition coefficient (Wildman–Crippen LogP) is 4.97. The molecule has 1 atom stereocenters. The van der Waals surface area contributed by atoms with E-state index in [1.165, 1.54) is 23.9 Å². The van der Waals surface area contributed by atoms with Crippen LogP contribution in [0.3, 0.4) is 0 Å². The first-order chi connectivity index (χ1) is 15.8. The fourth-order valence-corrected chi connectivity index (χ4v) is 4.26. The fourth-order valence-electron chi connectivity index (χ4n) is 3.32. The first-order valence-electron chi connectivity index (χ1n) is 9.91. The van der Waals surface area contributed by atoms with Gasteiger partial charge in [-0.2, -0.15) is 18.2 Å². The lowest BCUT2D eigenvalue weighted by Crippen LogP contribution is -2.28. The number of benzene rings is 2. The van der Waals surface area contributed by atoms with Crippen LogP contribution in [0.2, 0.25) is 0 Å². The molecule has 7 nitrogen and oxygen atoms in total. The summed E-state index contributed by atoms with van der Waals surface area (Å²) in [5.74, 6) is 0.422. The molecule has 0 aliphatic heterocycles. The van der Waals surface area contributed by atoms with E-state index in [9.17, 15) is 18.0 Å². The van der Waals surface area contributed by atoms with Crippen molar-refractivity contribution in [1.29, 1.82) is 0 Å². The van der Waals surface area contributed by atoms with E-state index in [-0.39, 0.29) is 34.6 Å². The normalized spacial score (nSPS) is 12.9. The summed E-state index contributed by atoms with van der Waals surface area (Å²) in [6.07, 6.45) is -4.47. The highest BCUT2D eigenvalue weighted by Crippen LogP contribution is 2.32. The number of thioether (sulfide) groups is 1. The van der Waals surface area contributed by atoms with E-state index in [0.29, 0.717) is 22.7 Å². The molecule has 33 heavy (non-hydrogen) atoms. The smallest absolute Gasteiger partial charge is 0.383 e. The SMILES string of the molecule is COC[C@@H](C)n1c(SCc2nc(-c3cccc(C(F)(F)F)c3)no2)nc2ccccc2c1=O. The van der Waals surface area contributed by atoms with Crippen LogP contribution in [0.25, 0.3) is 22.3 Å². The van der Waals surface area contributed by atoms with Gasteiger partial charge in [-0.15, -0.1) is 0 Å². The summed E-state index contributed by atoms with van der Waals surface area (Å²) in [6, 6.07) is 11.5. The zero-order valence-corrected chi connectivity index (χ0v) is 18.5. The highest BCUT2D eigenvalue weighted by atomic mass is 32.2. The summed E-state index contributed by atoms with van der Waals surface area (Å²) in [5.41, 5.74) is -0.236. The van der Waals surface area contributed by atoms with E-state index in [1.54, 1.807) is 35.9 Å². The summed E-state index contributed by atoms with van der Waals surface area (Å²) in [4.78, 5) is 21.9. The van der Waals surface area contributed by atoms with Crippen molar-refractivity contribution in [3.8, 4) is 11.4 Å². The maximum Gasteiger partial charge on any atom is 0.416 e. The van der Waals surface area contributed by atoms with Gasteiger partial charge in [-0.25, -0.2) is 4.98 Å². The van der Waals surface area contributed by atoms with Gasteiger partial charge in [0.05, 0.1) is 34.9 Å². The van der Waals surface area contributed by atoms with Gasteiger partial charge in [0.2, 0.25) is 11.7 Å². The molecule has 2 heterocycles. The van der Waals surface area contributed by atoms with E-state index in [4.69, 9.17) is 9.26 Å². The van der Waals surface area contributed by atoms with Gasteiger partial charge < -0.3 is 9.26 Å². The molecule has 0 saturated carbocycles. The van der Waals surface area contributed by atoms with Crippen LogP contribution < -0.4 is 5.56 Å². The Balaban J connectivity index is 1.61. The van der Waals surface area contributed by atoms with Gasteiger partial charge in [0.1, 0.15) is 0 Å². The number of ether oxygens (including phenoxy) is 1. The Hall–Kier alpha value is -3.18. The Labute approximate surface area is 190 Å². The average molecular weight is 476 g/mol. The van der Waals surface area contributed by atoms with Gasteiger partial charge in [-0.1, -0.05) is 41.2 Å². The molecule has 0 fully saturated rings. The Morgan fingerprint density at radius 1 is 1.15 bits per heavy atom. The van der Waals surface area contributed by atoms with Crippen LogP contribution in [0.1, 0.15) is 24.4 Å². The summed E-state index contributed by atoms with van der Waals surface area (Å²) in [7, 11) is 1.55. The van der Waals surface area contributed by atoms with Gasteiger partial charge in [0.25, 0.3) is 5.56 Å². The highest BCUT2D eigenvalue weighted by molar-refractivity contribution is 7.98. The molecule has 4 aromatic rings. The first-order valence-corrected chi connectivity index (χ1v) is 10.9. The summed E-state index contributed by atoms with van der Waals surface area (Å²) >= 11 is 1.22. The van der Waals surface area contributed by atoms with Crippen molar-refractivity contribution in [2.24, 2.45) is 0 Å². The van der Waals surface area contributed by atoms with Crippen molar-refractivity contribution in [2.75, 3.05) is 13.7 Å². The topological polar surface area (TPSA) is 83.0 Å². The predicted molar refractivity (Wildman–Crippen MR) is 117 cm³/mol. The summed E-state index contributed by atoms with van der Waals surface area (Å²) in [6.45, 7) is 2.16. The number of fused-ring (bicyclic) bond motifs is 1. The van der Waals surface area contributed by atoms with Crippen molar-refractivity contribution in [2.45, 2.75) is 30.1 Å². The van der Waals surface area contributed by atoms with Crippen molar-refractivity contribution < 1.29 is 22.4 Å². The van der Waals surface area contributed by atoms with Crippen LogP contribution in [0.15, 0.2) is 63.0 Å². The second-order valence-electron chi connectivity index (χ2n) is 7.27. The first kappa shape index (κ1) is 23.0. The standard InChI is InChI=1S/C22H19F3N4O3S/c1-13(11-31-2)29-20(30)16-8-3-4-9-17(16)26-21(29)33-12-18-27-19(28-32-18)14-6-5-7-15(10-14)22(23,24)25/h3-10,13H,11-12H2,1-2H3/t13-/m1/s1. The fraction of sp³-hybridized carbons (Fsp3) is 0.273. The van der Waals surface area contributed by atoms with E-state index in [1.807, 2.05) is 6.92 Å². The number of methoxy groups -OCH3 is 1. The number of halogens is 3. The minimum Gasteiger partial charge on any atom is -0.383 e. The number of nitrogens with zero attached hydrogens (tertiary/aromatic N) is 4. The van der Waals surface area contributed by atoms with Crippen molar-refractivity contribution >= 4 is 22.7 Å². The van der Waals surface area contributed by atoms with E-state index in [0.717, 1.165) is 12.1 Å². The quantitative estimate of drug-likeness (QED) is 0.275. The van der Waals surface area contributed by atoms with Crippen molar-refractivity contribution in [3.63, 3.8) is 0 Å². The molecule has 0 bridgehead atoms. The monoisotopic (exact) mass is 476 g/mol. The molecular weight excluding hydrogens is 457 g/mol. The molecule has 0 amide bonds. The van der Waals surface area contributed by atoms with Crippen LogP contribution >= 0.6 is 11.8 Å². The van der Waals surface area contributed by atoms with Crippen LogP contribution in [0.4, 0.5) is 13.2 Å². The second-order valence-corrected chi connectivity index (χ2v) is 8.21. The summed E-state index contributed by atoms with van der Waals surface area (Å²) < 4.78 is 51.0. The second kappa shape index (κ2) is 9.36. The van der Waals surface area contributed by atoms with E-state index >= 15 is 0 Å². The minimum atomic E-state index is -4.47. The molecule has 11 heteroatoms. The van der Waals surface area contributed by atoms with Crippen LogP contribution in [-0.4, -0.2) is 33.4 Å². The molecule has 4 rings (SSSR count). The largest absolute Gasteiger partial charge is 0.416 e. The Kier molecular flexibility index (Phi) is 6.52. The molecule has 2 aromatic heterocycles. The summed E-state index contributed by atoms with van der Waals surface area (Å²) in [5, 5.41) is 4.74. The molecular formula is C22H19F3N4O3S. The molecule has 0 unspecified atom stereocenters. The number of hydrogen-bond donors (Lipinski definition) is 0. The van der Waals surface area contributed by atoms with Crippen molar-refractivity contribution in [3.05, 3.63) is 70.3 Å². The lowest BCUT2D eigenvalue weighted by Gasteiger charge is -2.18. The minimum absolute atomic E-state index is 0.0494. The Morgan fingerprint density at radius 2 is 1.94 bits per heavy atom. The number of aromatic nitrogens is 4. The van der Waals surface area contributed by atoms with E-state index < -0.39 is 11.7 Å². The van der Waals surface area contributed by atoms with Gasteiger partial charge in [0, 0.05) is 12.7 Å². The number of rotatable bonds is 7. The zero-order valence-electron chi connectivity index (χ0n) is 17.7. The molecule has 0 spiro atoms. The number of para-hydroxylation sites is 1. The van der Waals surface area contributed by atoms with Gasteiger partial charge in [-0.05, 0) is 31.2 Å². The zero-order chi connectivity index (χ0) is 23.6.